The molecule has 0 bridgehead atoms. The van der Waals surface area contributed by atoms with E-state index in [1.165, 1.54) is 0 Å². The largest absolute Gasteiger partial charge is 0.493 e. The first-order valence-corrected chi connectivity index (χ1v) is 5.55. The Kier molecular flexibility index (Phi) is 3.78. The molecule has 0 aliphatic heterocycles. The summed E-state index contributed by atoms with van der Waals surface area (Å²) in [5.41, 5.74) is 0. The third-order valence-electron chi connectivity index (χ3n) is 2.48. The zero-order chi connectivity index (χ0) is 11.2. The first-order valence-electron chi connectivity index (χ1n) is 5.55. The Morgan fingerprint density at radius 3 is 2.88 bits per heavy atom. The number of aliphatic hydroxyl groups excluding tert-OH is 1. The van der Waals surface area contributed by atoms with Gasteiger partial charge < -0.3 is 9.84 Å². The molecule has 0 aliphatic carbocycles. The van der Waals surface area contributed by atoms with Crippen LogP contribution in [-0.2, 0) is 0 Å². The number of hydrogen-bond donors (Lipinski definition) is 1. The van der Waals surface area contributed by atoms with Crippen LogP contribution in [0.15, 0.2) is 36.4 Å². The minimum Gasteiger partial charge on any atom is -0.493 e. The third kappa shape index (κ3) is 2.52. The maximum Gasteiger partial charge on any atom is 0.127 e. The average molecular weight is 215 g/mol. The Balaban J connectivity index is 2.11. The number of ether oxygens (including phenoxy) is 1. The quantitative estimate of drug-likeness (QED) is 0.777. The summed E-state index contributed by atoms with van der Waals surface area (Å²) in [5.74, 6) is 0.896. The van der Waals surface area contributed by atoms with Crippen molar-refractivity contribution in [2.45, 2.75) is 12.8 Å². The van der Waals surface area contributed by atoms with E-state index in [-0.39, 0.29) is 6.61 Å². The highest BCUT2D eigenvalue weighted by Gasteiger charge is 2.00. The first kappa shape index (κ1) is 11.0. The third-order valence-corrected chi connectivity index (χ3v) is 2.48. The fourth-order valence-electron chi connectivity index (χ4n) is 1.64. The molecule has 0 unspecified atom stereocenters. The lowest BCUT2D eigenvalue weighted by atomic mass is 10.1. The number of benzene rings is 2. The fraction of sp³-hybridized carbons (Fsp3) is 0.286. The van der Waals surface area contributed by atoms with Crippen LogP contribution in [0.2, 0.25) is 0 Å². The van der Waals surface area contributed by atoms with Crippen molar-refractivity contribution in [3.05, 3.63) is 42.5 Å². The van der Waals surface area contributed by atoms with Crippen LogP contribution >= 0.6 is 0 Å². The predicted octanol–water partition coefficient (Wildman–Crippen LogP) is 2.79. The van der Waals surface area contributed by atoms with E-state index in [9.17, 15) is 0 Å². The summed E-state index contributed by atoms with van der Waals surface area (Å²) >= 11 is 0. The number of rotatable bonds is 5. The van der Waals surface area contributed by atoms with Crippen molar-refractivity contribution in [3.8, 4) is 5.75 Å². The van der Waals surface area contributed by atoms with Gasteiger partial charge in [0.1, 0.15) is 5.75 Å². The molecular weight excluding hydrogens is 200 g/mol. The van der Waals surface area contributed by atoms with Crippen molar-refractivity contribution in [2.75, 3.05) is 13.2 Å². The zero-order valence-corrected chi connectivity index (χ0v) is 9.15. The monoisotopic (exact) mass is 215 g/mol. The molecule has 0 spiro atoms. The first-order chi connectivity index (χ1) is 7.92. The molecule has 83 valence electrons. The molecule has 0 amide bonds. The Bertz CT molecular complexity index is 446. The lowest BCUT2D eigenvalue weighted by molar-refractivity contribution is 0.254. The van der Waals surface area contributed by atoms with Crippen molar-refractivity contribution in [1.29, 1.82) is 0 Å². The van der Waals surface area contributed by atoms with Crippen LogP contribution in [0.3, 0.4) is 0 Å². The second-order valence-electron chi connectivity index (χ2n) is 3.67. The molecule has 0 heterocycles. The minimum absolute atomic E-state index is 0.229. The second-order valence-corrected chi connectivity index (χ2v) is 3.67. The van der Waals surface area contributed by atoms with Gasteiger partial charge >= 0.3 is 0 Å². The van der Waals surface area contributed by atoms with Crippen molar-refractivity contribution in [1.82, 2.24) is 0 Å². The molecule has 1 N–H and O–H groups in total. The molecule has 0 fully saturated rings. The van der Waals surface area contributed by atoms with E-state index < -0.39 is 0 Å². The summed E-state index contributed by atoms with van der Waals surface area (Å²) in [5, 5.41) is 10.8. The van der Waals surface area contributed by atoms with E-state index in [2.05, 4.69) is 6.07 Å². The van der Waals surface area contributed by atoms with Crippen LogP contribution in [0.4, 0.5) is 0 Å². The summed E-state index contributed by atoms with van der Waals surface area (Å²) in [6.45, 7) is 0.876. The number of aliphatic hydroxyl groups is 1. The van der Waals surface area contributed by atoms with Crippen LogP contribution in [0.25, 0.3) is 10.8 Å². The Morgan fingerprint density at radius 2 is 2.00 bits per heavy atom. The molecule has 0 aromatic heterocycles. The van der Waals surface area contributed by atoms with E-state index in [1.807, 2.05) is 36.4 Å². The lowest BCUT2D eigenvalue weighted by Gasteiger charge is -2.08. The summed E-state index contributed by atoms with van der Waals surface area (Å²) < 4.78 is 5.69. The van der Waals surface area contributed by atoms with Gasteiger partial charge in [-0.1, -0.05) is 30.3 Å². The minimum atomic E-state index is 0.229. The van der Waals surface area contributed by atoms with Crippen LogP contribution in [0.5, 0.6) is 5.75 Å². The molecule has 16 heavy (non-hydrogen) atoms. The van der Waals surface area contributed by atoms with Crippen LogP contribution in [0.1, 0.15) is 12.8 Å². The van der Waals surface area contributed by atoms with Gasteiger partial charge in [0.15, 0.2) is 0 Å². The maximum absolute atomic E-state index is 8.67. The Morgan fingerprint density at radius 1 is 1.12 bits per heavy atom. The van der Waals surface area contributed by atoms with Gasteiger partial charge in [-0.15, -0.1) is 0 Å². The second kappa shape index (κ2) is 5.52. The predicted molar refractivity (Wildman–Crippen MR) is 64.6 cm³/mol. The average Bonchev–Trinajstić information content (AvgIpc) is 2.35. The lowest BCUT2D eigenvalue weighted by Crippen LogP contribution is -1.98. The highest BCUT2D eigenvalue weighted by Crippen LogP contribution is 2.24. The maximum atomic E-state index is 8.67. The van der Waals surface area contributed by atoms with E-state index in [1.54, 1.807) is 0 Å². The molecule has 2 nitrogen and oxygen atoms in total. The highest BCUT2D eigenvalue weighted by molar-refractivity contribution is 5.87. The van der Waals surface area contributed by atoms with Gasteiger partial charge in [0.05, 0.1) is 6.61 Å². The molecule has 2 aromatic rings. The van der Waals surface area contributed by atoms with Gasteiger partial charge in [0, 0.05) is 12.0 Å². The summed E-state index contributed by atoms with van der Waals surface area (Å²) in [4.78, 5) is 0. The molecule has 2 aromatic carbocycles. The van der Waals surface area contributed by atoms with Gasteiger partial charge in [-0.05, 0) is 30.4 Å². The molecule has 1 radical (unpaired) electrons. The van der Waals surface area contributed by atoms with Crippen LogP contribution in [-0.4, -0.2) is 18.3 Å². The van der Waals surface area contributed by atoms with E-state index in [4.69, 9.17) is 9.84 Å². The van der Waals surface area contributed by atoms with Crippen LogP contribution < -0.4 is 4.74 Å². The smallest absolute Gasteiger partial charge is 0.127 e. The van der Waals surface area contributed by atoms with Crippen LogP contribution in [0, 0.1) is 6.07 Å². The molecule has 2 rings (SSSR count). The number of unbranched alkanes of at least 4 members (excludes halogenated alkanes) is 1. The normalized spacial score (nSPS) is 10.6. The number of fused-ring (bicyclic) bond motifs is 1. The molecule has 0 aliphatic rings. The summed E-state index contributed by atoms with van der Waals surface area (Å²) in [7, 11) is 0. The topological polar surface area (TPSA) is 29.5 Å². The van der Waals surface area contributed by atoms with E-state index >= 15 is 0 Å². The number of hydrogen-bond acceptors (Lipinski definition) is 2. The highest BCUT2D eigenvalue weighted by atomic mass is 16.5. The summed E-state index contributed by atoms with van der Waals surface area (Å²) in [6.07, 6.45) is 1.67. The van der Waals surface area contributed by atoms with Crippen molar-refractivity contribution in [3.63, 3.8) is 0 Å². The van der Waals surface area contributed by atoms with E-state index in [0.29, 0.717) is 6.61 Å². The Hall–Kier alpha value is -1.54. The molecule has 2 heteroatoms. The van der Waals surface area contributed by atoms with Gasteiger partial charge in [-0.3, -0.25) is 0 Å². The molecule has 0 atom stereocenters. The van der Waals surface area contributed by atoms with Crippen molar-refractivity contribution >= 4 is 10.8 Å². The summed E-state index contributed by atoms with van der Waals surface area (Å²) in [6, 6.07) is 15.0. The van der Waals surface area contributed by atoms with E-state index in [0.717, 1.165) is 29.4 Å². The SMILES string of the molecule is OCCCCOc1cc[c]c2ccccc12. The molecule has 0 saturated heterocycles. The Labute approximate surface area is 95.5 Å². The zero-order valence-electron chi connectivity index (χ0n) is 9.15. The van der Waals surface area contributed by atoms with Gasteiger partial charge in [-0.2, -0.15) is 0 Å². The fourth-order valence-corrected chi connectivity index (χ4v) is 1.64. The van der Waals surface area contributed by atoms with Gasteiger partial charge in [0.25, 0.3) is 0 Å². The van der Waals surface area contributed by atoms with Crippen molar-refractivity contribution < 1.29 is 9.84 Å². The molecule has 0 saturated carbocycles. The van der Waals surface area contributed by atoms with Crippen molar-refractivity contribution in [2.24, 2.45) is 0 Å². The van der Waals surface area contributed by atoms with Gasteiger partial charge in [-0.25, -0.2) is 0 Å². The molecular formula is C14H15O2. The standard InChI is InChI=1S/C14H15O2/c15-10-3-4-11-16-14-9-5-7-12-6-1-2-8-13(12)14/h1-2,5-6,8-9,15H,3-4,10-11H2. The van der Waals surface area contributed by atoms with Gasteiger partial charge in [0.2, 0.25) is 0 Å².